The van der Waals surface area contributed by atoms with Gasteiger partial charge in [-0.15, -0.1) is 0 Å². The van der Waals surface area contributed by atoms with Crippen molar-refractivity contribution in [2.24, 2.45) is 0 Å². The number of nitrogens with one attached hydrogen (secondary N) is 1. The summed E-state index contributed by atoms with van der Waals surface area (Å²) in [6.07, 6.45) is 0.669. The van der Waals surface area contributed by atoms with Crippen LogP contribution in [-0.2, 0) is 9.53 Å². The average molecular weight is 424 g/mol. The van der Waals surface area contributed by atoms with Crippen molar-refractivity contribution in [3.63, 3.8) is 0 Å². The third kappa shape index (κ3) is 7.73. The van der Waals surface area contributed by atoms with Crippen molar-refractivity contribution in [2.75, 3.05) is 13.7 Å². The number of hydrogen-bond acceptors (Lipinski definition) is 5. The quantitative estimate of drug-likeness (QED) is 0.443. The molecule has 9 heteroatoms. The van der Waals surface area contributed by atoms with E-state index in [0.717, 1.165) is 29.2 Å². The zero-order valence-corrected chi connectivity index (χ0v) is 16.4. The Morgan fingerprint density at radius 2 is 2.07 bits per heavy atom. The number of benzene rings is 1. The fraction of sp³-hybridized carbons (Fsp3) is 0.381. The van der Waals surface area contributed by atoms with Crippen LogP contribution in [0, 0.1) is 0 Å². The number of unbranched alkanes of at least 4 members (excludes halogenated alkanes) is 2. The van der Waals surface area contributed by atoms with Crippen molar-refractivity contribution in [3.05, 3.63) is 42.1 Å². The number of carbonyl (C=O) groups excluding carboxylic acids is 2. The molecule has 0 aliphatic carbocycles. The maximum Gasteiger partial charge on any atom is 0.407 e. The summed E-state index contributed by atoms with van der Waals surface area (Å²) in [5, 5.41) is 3.84. The molecule has 1 aromatic carbocycles. The van der Waals surface area contributed by atoms with Crippen LogP contribution in [0.2, 0.25) is 0 Å². The molecule has 1 amide bonds. The van der Waals surface area contributed by atoms with E-state index in [-0.39, 0.29) is 12.9 Å². The molecule has 6 nitrogen and oxygen atoms in total. The van der Waals surface area contributed by atoms with Gasteiger partial charge in [0.2, 0.25) is 5.88 Å². The molecule has 30 heavy (non-hydrogen) atoms. The molecule has 1 N–H and O–H groups in total. The number of fused-ring (bicyclic) bond motifs is 1. The summed E-state index contributed by atoms with van der Waals surface area (Å²) in [5.74, 6) is 0.560. The number of alkyl halides is 3. The summed E-state index contributed by atoms with van der Waals surface area (Å²) in [6.45, 7) is 0.0517. The second kappa shape index (κ2) is 11.2. The van der Waals surface area contributed by atoms with Crippen LogP contribution in [0.25, 0.3) is 16.8 Å². The number of aromatic nitrogens is 1. The lowest BCUT2D eigenvalue weighted by atomic mass is 10.1. The molecule has 162 valence electrons. The van der Waals surface area contributed by atoms with Gasteiger partial charge in [0.1, 0.15) is 6.29 Å². The minimum Gasteiger partial charge on any atom is -0.481 e. The molecule has 0 bridgehead atoms. The SMILES string of the molecule is COc1nccc2ccc(/C=C/CCCCOC(=O)NC(C=O)CC(F)(F)F)cc12. The van der Waals surface area contributed by atoms with Crippen LogP contribution in [0.15, 0.2) is 36.5 Å². The standard InChI is InChI=1S/C21H23F3N2O4/c1-29-19-18-12-15(7-8-16(18)9-10-25-19)6-4-2-3-5-11-30-20(28)26-17(14-27)13-21(22,23)24/h4,6-10,12,14,17H,2-3,5,11,13H2,1H3,(H,26,28)/b6-4+. The Morgan fingerprint density at radius 3 is 2.77 bits per heavy atom. The molecule has 2 rings (SSSR count). The Kier molecular flexibility index (Phi) is 8.64. The average Bonchev–Trinajstić information content (AvgIpc) is 2.71. The largest absolute Gasteiger partial charge is 0.481 e. The molecule has 1 heterocycles. The molecular weight excluding hydrogens is 401 g/mol. The number of pyridine rings is 1. The summed E-state index contributed by atoms with van der Waals surface area (Å²) in [6, 6.07) is 6.21. The minimum absolute atomic E-state index is 0.0397. The molecule has 0 radical (unpaired) electrons. The number of methoxy groups -OCH3 is 1. The molecule has 0 fully saturated rings. The van der Waals surface area contributed by atoms with Crippen molar-refractivity contribution < 1.29 is 32.2 Å². The van der Waals surface area contributed by atoms with Gasteiger partial charge in [-0.3, -0.25) is 0 Å². The van der Waals surface area contributed by atoms with Gasteiger partial charge in [-0.1, -0.05) is 24.3 Å². The highest BCUT2D eigenvalue weighted by atomic mass is 19.4. The number of amides is 1. The van der Waals surface area contributed by atoms with Gasteiger partial charge in [0.05, 0.1) is 26.2 Å². The van der Waals surface area contributed by atoms with Gasteiger partial charge in [-0.2, -0.15) is 13.2 Å². The Labute approximate surface area is 172 Å². The van der Waals surface area contributed by atoms with Gasteiger partial charge in [-0.25, -0.2) is 9.78 Å². The molecule has 1 atom stereocenters. The summed E-state index contributed by atoms with van der Waals surface area (Å²) in [7, 11) is 1.57. The van der Waals surface area contributed by atoms with E-state index >= 15 is 0 Å². The molecule has 0 saturated carbocycles. The second-order valence-corrected chi connectivity index (χ2v) is 6.54. The Balaban J connectivity index is 1.70. The highest BCUT2D eigenvalue weighted by Crippen LogP contribution is 2.24. The van der Waals surface area contributed by atoms with Gasteiger partial charge in [0.25, 0.3) is 0 Å². The normalized spacial score (nSPS) is 12.7. The number of allylic oxidation sites excluding steroid dienone is 1. The fourth-order valence-electron chi connectivity index (χ4n) is 2.75. The number of ether oxygens (including phenoxy) is 2. The zero-order chi connectivity index (χ0) is 22.0. The molecule has 1 unspecified atom stereocenters. The lowest BCUT2D eigenvalue weighted by molar-refractivity contribution is -0.143. The van der Waals surface area contributed by atoms with E-state index in [9.17, 15) is 22.8 Å². The smallest absolute Gasteiger partial charge is 0.407 e. The first kappa shape index (κ1) is 23.2. The summed E-state index contributed by atoms with van der Waals surface area (Å²) < 4.78 is 46.8. The van der Waals surface area contributed by atoms with E-state index in [1.807, 2.05) is 41.7 Å². The lowest BCUT2D eigenvalue weighted by Gasteiger charge is -2.14. The van der Waals surface area contributed by atoms with E-state index in [2.05, 4.69) is 4.98 Å². The van der Waals surface area contributed by atoms with Crippen molar-refractivity contribution >= 4 is 29.2 Å². The lowest BCUT2D eigenvalue weighted by Crippen LogP contribution is -2.39. The van der Waals surface area contributed by atoms with Gasteiger partial charge in [0.15, 0.2) is 0 Å². The van der Waals surface area contributed by atoms with Crippen molar-refractivity contribution in [3.8, 4) is 5.88 Å². The predicted octanol–water partition coefficient (Wildman–Crippen LogP) is 4.67. The first-order valence-corrected chi connectivity index (χ1v) is 9.37. The molecule has 0 aliphatic rings. The maximum atomic E-state index is 12.2. The number of carbonyl (C=O) groups is 2. The Hall–Kier alpha value is -3.10. The van der Waals surface area contributed by atoms with Crippen LogP contribution in [0.4, 0.5) is 18.0 Å². The van der Waals surface area contributed by atoms with Crippen molar-refractivity contribution in [1.29, 1.82) is 0 Å². The van der Waals surface area contributed by atoms with E-state index < -0.39 is 24.7 Å². The first-order chi connectivity index (χ1) is 14.3. The van der Waals surface area contributed by atoms with Crippen LogP contribution in [0.3, 0.4) is 0 Å². The third-order valence-corrected chi connectivity index (χ3v) is 4.17. The monoisotopic (exact) mass is 424 g/mol. The highest BCUT2D eigenvalue weighted by Gasteiger charge is 2.32. The molecule has 2 aromatic rings. The molecule has 0 spiro atoms. The maximum absolute atomic E-state index is 12.2. The van der Waals surface area contributed by atoms with Gasteiger partial charge in [0, 0.05) is 11.6 Å². The number of alkyl carbamates (subject to hydrolysis) is 1. The number of halogens is 3. The number of hydrogen-bond donors (Lipinski definition) is 1. The first-order valence-electron chi connectivity index (χ1n) is 9.37. The van der Waals surface area contributed by atoms with Gasteiger partial charge < -0.3 is 19.6 Å². The predicted molar refractivity (Wildman–Crippen MR) is 106 cm³/mol. The molecule has 0 aliphatic heterocycles. The summed E-state index contributed by atoms with van der Waals surface area (Å²) in [5.41, 5.74) is 0.994. The van der Waals surface area contributed by atoms with Gasteiger partial charge >= 0.3 is 12.3 Å². The van der Waals surface area contributed by atoms with Gasteiger partial charge in [-0.05, 0) is 42.3 Å². The minimum atomic E-state index is -4.54. The Morgan fingerprint density at radius 1 is 1.27 bits per heavy atom. The van der Waals surface area contributed by atoms with E-state index in [0.29, 0.717) is 12.3 Å². The van der Waals surface area contributed by atoms with E-state index in [1.165, 1.54) is 0 Å². The number of rotatable bonds is 10. The second-order valence-electron chi connectivity index (χ2n) is 6.54. The van der Waals surface area contributed by atoms with Crippen LogP contribution < -0.4 is 10.1 Å². The van der Waals surface area contributed by atoms with E-state index in [1.54, 1.807) is 13.3 Å². The van der Waals surface area contributed by atoms with Crippen LogP contribution >= 0.6 is 0 Å². The molecule has 1 aromatic heterocycles. The van der Waals surface area contributed by atoms with Crippen molar-refractivity contribution in [2.45, 2.75) is 37.9 Å². The van der Waals surface area contributed by atoms with Crippen LogP contribution in [-0.4, -0.2) is 43.3 Å². The number of nitrogens with zero attached hydrogens (tertiary/aromatic N) is 1. The molecular formula is C21H23F3N2O4. The van der Waals surface area contributed by atoms with E-state index in [4.69, 9.17) is 9.47 Å². The van der Waals surface area contributed by atoms with Crippen molar-refractivity contribution in [1.82, 2.24) is 10.3 Å². The van der Waals surface area contributed by atoms with Crippen LogP contribution in [0.1, 0.15) is 31.2 Å². The topological polar surface area (TPSA) is 77.5 Å². The molecule has 0 saturated heterocycles. The zero-order valence-electron chi connectivity index (χ0n) is 16.4. The fourth-order valence-corrected chi connectivity index (χ4v) is 2.75. The van der Waals surface area contributed by atoms with Crippen LogP contribution in [0.5, 0.6) is 5.88 Å². The highest BCUT2D eigenvalue weighted by molar-refractivity contribution is 5.88. The summed E-state index contributed by atoms with van der Waals surface area (Å²) in [4.78, 5) is 26.2. The number of aldehydes is 1. The summed E-state index contributed by atoms with van der Waals surface area (Å²) >= 11 is 0. The third-order valence-electron chi connectivity index (χ3n) is 4.17. The Bertz CT molecular complexity index is 884.